The molecule has 0 aliphatic heterocycles. The van der Waals surface area contributed by atoms with Crippen LogP contribution in [0.5, 0.6) is 11.5 Å². The summed E-state index contributed by atoms with van der Waals surface area (Å²) in [6, 6.07) is 9.31. The highest BCUT2D eigenvalue weighted by atomic mass is 79.9. The Balaban J connectivity index is 1.92. The smallest absolute Gasteiger partial charge is 0.259 e. The van der Waals surface area contributed by atoms with Gasteiger partial charge in [0.05, 0.1) is 32.7 Å². The van der Waals surface area contributed by atoms with E-state index in [-0.39, 0.29) is 12.5 Å². The van der Waals surface area contributed by atoms with Gasteiger partial charge in [0, 0.05) is 8.95 Å². The number of benzene rings is 2. The summed E-state index contributed by atoms with van der Waals surface area (Å²) in [6.45, 7) is 2.08. The first-order chi connectivity index (χ1) is 12.4. The number of nitrogens with one attached hydrogen (secondary N) is 2. The highest BCUT2D eigenvalue weighted by Gasteiger charge is 2.08. The number of rotatable bonds is 7. The van der Waals surface area contributed by atoms with Crippen molar-refractivity contribution in [1.82, 2.24) is 5.43 Å². The minimum Gasteiger partial charge on any atom is -0.493 e. The number of amides is 1. The average molecular weight is 485 g/mol. The molecule has 0 saturated carbocycles. The molecule has 2 aromatic rings. The van der Waals surface area contributed by atoms with Gasteiger partial charge in [0.2, 0.25) is 0 Å². The molecule has 0 radical (unpaired) electrons. The lowest BCUT2D eigenvalue weighted by molar-refractivity contribution is -0.119. The zero-order chi connectivity index (χ0) is 19.1. The fourth-order valence-electron chi connectivity index (χ4n) is 2.19. The Hall–Kier alpha value is -2.06. The molecule has 2 rings (SSSR count). The first-order valence-electron chi connectivity index (χ1n) is 7.68. The van der Waals surface area contributed by atoms with Gasteiger partial charge >= 0.3 is 0 Å². The van der Waals surface area contributed by atoms with Crippen LogP contribution < -0.4 is 20.2 Å². The van der Waals surface area contributed by atoms with E-state index in [1.807, 2.05) is 25.1 Å². The van der Waals surface area contributed by atoms with Crippen LogP contribution in [0.15, 0.2) is 44.4 Å². The molecule has 2 aromatic carbocycles. The molecule has 0 aliphatic carbocycles. The number of hydrogen-bond acceptors (Lipinski definition) is 5. The van der Waals surface area contributed by atoms with Crippen LogP contribution in [0, 0.1) is 6.92 Å². The molecule has 2 N–H and O–H groups in total. The van der Waals surface area contributed by atoms with Crippen LogP contribution >= 0.6 is 31.9 Å². The molecule has 0 unspecified atom stereocenters. The number of aryl methyl sites for hydroxylation is 1. The van der Waals surface area contributed by atoms with Crippen LogP contribution in [-0.2, 0) is 4.79 Å². The SMILES string of the molecule is COc1ccc(/C=N\NC(=O)CNc2c(Br)cc(C)cc2Br)cc1OC. The molecule has 0 heterocycles. The average Bonchev–Trinajstić information content (AvgIpc) is 2.60. The first kappa shape index (κ1) is 20.3. The van der Waals surface area contributed by atoms with Gasteiger partial charge in [-0.2, -0.15) is 5.10 Å². The van der Waals surface area contributed by atoms with Crippen molar-refractivity contribution in [3.05, 3.63) is 50.4 Å². The van der Waals surface area contributed by atoms with E-state index in [1.165, 1.54) is 6.21 Å². The van der Waals surface area contributed by atoms with Gasteiger partial charge in [-0.1, -0.05) is 0 Å². The van der Waals surface area contributed by atoms with Crippen molar-refractivity contribution in [1.29, 1.82) is 0 Å². The summed E-state index contributed by atoms with van der Waals surface area (Å²) in [4.78, 5) is 12.0. The molecular weight excluding hydrogens is 466 g/mol. The lowest BCUT2D eigenvalue weighted by atomic mass is 10.2. The van der Waals surface area contributed by atoms with E-state index in [0.717, 1.165) is 25.8 Å². The largest absolute Gasteiger partial charge is 0.493 e. The summed E-state index contributed by atoms with van der Waals surface area (Å²) >= 11 is 6.96. The Labute approximate surface area is 169 Å². The molecule has 1 amide bonds. The number of halogens is 2. The van der Waals surface area contributed by atoms with Crippen molar-refractivity contribution in [2.24, 2.45) is 5.10 Å². The second-order valence-electron chi connectivity index (χ2n) is 5.36. The Morgan fingerprint density at radius 1 is 1.12 bits per heavy atom. The molecule has 138 valence electrons. The molecular formula is C18H19Br2N3O3. The number of hydrogen-bond donors (Lipinski definition) is 2. The van der Waals surface area contributed by atoms with Crippen LogP contribution in [0.25, 0.3) is 0 Å². The molecule has 0 aromatic heterocycles. The summed E-state index contributed by atoms with van der Waals surface area (Å²) in [5.41, 5.74) is 5.18. The Bertz CT molecular complexity index is 802. The molecule has 6 nitrogen and oxygen atoms in total. The first-order valence-corrected chi connectivity index (χ1v) is 9.26. The molecule has 26 heavy (non-hydrogen) atoms. The standard InChI is InChI=1S/C18H19Br2N3O3/c1-11-6-13(19)18(14(20)7-11)21-10-17(24)23-22-9-12-4-5-15(25-2)16(8-12)26-3/h4-9,21H,10H2,1-3H3,(H,23,24)/b22-9-. The van der Waals surface area contributed by atoms with Crippen molar-refractivity contribution in [3.63, 3.8) is 0 Å². The van der Waals surface area contributed by atoms with Crippen molar-refractivity contribution in [3.8, 4) is 11.5 Å². The zero-order valence-electron chi connectivity index (χ0n) is 14.6. The summed E-state index contributed by atoms with van der Waals surface area (Å²) < 4.78 is 12.2. The Morgan fingerprint density at radius 3 is 2.38 bits per heavy atom. The van der Waals surface area contributed by atoms with Gasteiger partial charge in [-0.25, -0.2) is 5.43 Å². The van der Waals surface area contributed by atoms with Crippen molar-refractivity contribution in [2.75, 3.05) is 26.1 Å². The number of carbonyl (C=O) groups excluding carboxylic acids is 1. The van der Waals surface area contributed by atoms with Crippen LogP contribution in [-0.4, -0.2) is 32.9 Å². The third kappa shape index (κ3) is 5.47. The molecule has 0 fully saturated rings. The molecule has 0 saturated heterocycles. The van der Waals surface area contributed by atoms with Gasteiger partial charge in [-0.05, 0) is 80.2 Å². The Morgan fingerprint density at radius 2 is 1.77 bits per heavy atom. The summed E-state index contributed by atoms with van der Waals surface area (Å²) in [5.74, 6) is 0.965. The fourth-order valence-corrected chi connectivity index (χ4v) is 3.88. The number of nitrogens with zero attached hydrogens (tertiary/aromatic N) is 1. The second kappa shape index (κ2) is 9.59. The monoisotopic (exact) mass is 483 g/mol. The van der Waals surface area contributed by atoms with E-state index < -0.39 is 0 Å². The lowest BCUT2D eigenvalue weighted by Crippen LogP contribution is -2.26. The van der Waals surface area contributed by atoms with Crippen LogP contribution in [0.3, 0.4) is 0 Å². The third-order valence-corrected chi connectivity index (χ3v) is 4.67. The number of carbonyl (C=O) groups is 1. The quantitative estimate of drug-likeness (QED) is 0.458. The highest BCUT2D eigenvalue weighted by Crippen LogP contribution is 2.32. The lowest BCUT2D eigenvalue weighted by Gasteiger charge is -2.11. The highest BCUT2D eigenvalue weighted by molar-refractivity contribution is 9.11. The minimum absolute atomic E-state index is 0.0868. The number of ether oxygens (including phenoxy) is 2. The van der Waals surface area contributed by atoms with E-state index >= 15 is 0 Å². The van der Waals surface area contributed by atoms with Gasteiger partial charge in [0.1, 0.15) is 0 Å². The molecule has 0 aliphatic rings. The van der Waals surface area contributed by atoms with Crippen LogP contribution in [0.2, 0.25) is 0 Å². The fraction of sp³-hybridized carbons (Fsp3) is 0.222. The minimum atomic E-state index is -0.263. The van der Waals surface area contributed by atoms with E-state index in [2.05, 4.69) is 47.7 Å². The van der Waals surface area contributed by atoms with Crippen molar-refractivity contribution >= 4 is 49.7 Å². The van der Waals surface area contributed by atoms with Gasteiger partial charge in [-0.3, -0.25) is 4.79 Å². The maximum absolute atomic E-state index is 12.0. The van der Waals surface area contributed by atoms with Gasteiger partial charge in [0.15, 0.2) is 11.5 Å². The molecule has 8 heteroatoms. The number of methoxy groups -OCH3 is 2. The molecule has 0 atom stereocenters. The maximum Gasteiger partial charge on any atom is 0.259 e. The summed E-state index contributed by atoms with van der Waals surface area (Å²) in [5, 5.41) is 7.03. The van der Waals surface area contributed by atoms with Gasteiger partial charge in [-0.15, -0.1) is 0 Å². The number of anilines is 1. The van der Waals surface area contributed by atoms with Crippen molar-refractivity contribution < 1.29 is 14.3 Å². The predicted molar refractivity (Wildman–Crippen MR) is 110 cm³/mol. The molecule has 0 bridgehead atoms. The van der Waals surface area contributed by atoms with Gasteiger partial charge < -0.3 is 14.8 Å². The second-order valence-corrected chi connectivity index (χ2v) is 7.07. The Kier molecular flexibility index (Phi) is 7.47. The van der Waals surface area contributed by atoms with E-state index in [1.54, 1.807) is 26.4 Å². The maximum atomic E-state index is 12.0. The van der Waals surface area contributed by atoms with E-state index in [0.29, 0.717) is 11.5 Å². The number of hydrazone groups is 1. The van der Waals surface area contributed by atoms with Gasteiger partial charge in [0.25, 0.3) is 5.91 Å². The third-order valence-electron chi connectivity index (χ3n) is 3.42. The zero-order valence-corrected chi connectivity index (χ0v) is 17.8. The van der Waals surface area contributed by atoms with Crippen LogP contribution in [0.1, 0.15) is 11.1 Å². The van der Waals surface area contributed by atoms with Crippen LogP contribution in [0.4, 0.5) is 5.69 Å². The summed E-state index contributed by atoms with van der Waals surface area (Å²) in [7, 11) is 3.14. The predicted octanol–water partition coefficient (Wildman–Crippen LogP) is 4.10. The summed E-state index contributed by atoms with van der Waals surface area (Å²) in [6.07, 6.45) is 1.54. The normalized spacial score (nSPS) is 10.7. The van der Waals surface area contributed by atoms with Crippen molar-refractivity contribution in [2.45, 2.75) is 6.92 Å². The topological polar surface area (TPSA) is 72.0 Å². The van der Waals surface area contributed by atoms with E-state index in [9.17, 15) is 4.79 Å². The molecule has 0 spiro atoms. The van der Waals surface area contributed by atoms with E-state index in [4.69, 9.17) is 9.47 Å².